The molecule has 1 saturated carbocycles. The second-order valence-electron chi connectivity index (χ2n) is 4.82. The van der Waals surface area contributed by atoms with Crippen molar-refractivity contribution in [3.8, 4) is 0 Å². The number of nitrogens with two attached hydrogens (primary N) is 1. The summed E-state index contributed by atoms with van der Waals surface area (Å²) in [5, 5.41) is 0. The van der Waals surface area contributed by atoms with Gasteiger partial charge in [0, 0.05) is 19.6 Å². The van der Waals surface area contributed by atoms with Gasteiger partial charge in [0.1, 0.15) is 5.82 Å². The minimum absolute atomic E-state index is 0.114. The maximum absolute atomic E-state index is 13.8. The van der Waals surface area contributed by atoms with Gasteiger partial charge in [0.05, 0.1) is 5.69 Å². The third-order valence-corrected chi connectivity index (χ3v) is 3.14. The average molecular weight is 222 g/mol. The second-order valence-corrected chi connectivity index (χ2v) is 4.82. The molecule has 2 rings (SSSR count). The summed E-state index contributed by atoms with van der Waals surface area (Å²) >= 11 is 0. The van der Waals surface area contributed by atoms with Crippen molar-refractivity contribution >= 4 is 5.69 Å². The van der Waals surface area contributed by atoms with Gasteiger partial charge in [0.15, 0.2) is 0 Å². The summed E-state index contributed by atoms with van der Waals surface area (Å²) in [5.41, 5.74) is 7.24. The third-order valence-electron chi connectivity index (χ3n) is 3.14. The van der Waals surface area contributed by atoms with E-state index < -0.39 is 0 Å². The van der Waals surface area contributed by atoms with E-state index in [1.807, 2.05) is 31.0 Å². The van der Waals surface area contributed by atoms with Crippen molar-refractivity contribution < 1.29 is 4.39 Å². The first-order valence-corrected chi connectivity index (χ1v) is 5.84. The minimum atomic E-state index is -0.169. The van der Waals surface area contributed by atoms with E-state index in [0.29, 0.717) is 5.69 Å². The SMILES string of the molecule is C[C@H](N)c1ccc(N(C)CC2CC2)c(F)c1. The molecule has 0 unspecified atom stereocenters. The van der Waals surface area contributed by atoms with Crippen LogP contribution in [0.3, 0.4) is 0 Å². The largest absolute Gasteiger partial charge is 0.372 e. The molecule has 1 atom stereocenters. The molecular formula is C13H19FN2. The van der Waals surface area contributed by atoms with Gasteiger partial charge in [-0.1, -0.05) is 6.07 Å². The molecule has 1 aromatic carbocycles. The van der Waals surface area contributed by atoms with Gasteiger partial charge in [0.2, 0.25) is 0 Å². The van der Waals surface area contributed by atoms with Gasteiger partial charge >= 0.3 is 0 Å². The molecule has 3 heteroatoms. The number of anilines is 1. The minimum Gasteiger partial charge on any atom is -0.372 e. The second kappa shape index (κ2) is 4.42. The first-order chi connectivity index (χ1) is 7.58. The monoisotopic (exact) mass is 222 g/mol. The van der Waals surface area contributed by atoms with E-state index in [9.17, 15) is 4.39 Å². The van der Waals surface area contributed by atoms with Crippen LogP contribution in [-0.4, -0.2) is 13.6 Å². The molecule has 1 fully saturated rings. The van der Waals surface area contributed by atoms with Crippen LogP contribution in [0, 0.1) is 11.7 Å². The Morgan fingerprint density at radius 2 is 2.19 bits per heavy atom. The Bertz CT molecular complexity index is 372. The van der Waals surface area contributed by atoms with Crippen molar-refractivity contribution in [3.63, 3.8) is 0 Å². The van der Waals surface area contributed by atoms with Crippen LogP contribution in [0.4, 0.5) is 10.1 Å². The molecular weight excluding hydrogens is 203 g/mol. The molecule has 0 radical (unpaired) electrons. The Kier molecular flexibility index (Phi) is 3.15. The topological polar surface area (TPSA) is 29.3 Å². The van der Waals surface area contributed by atoms with Crippen molar-refractivity contribution in [2.45, 2.75) is 25.8 Å². The fraction of sp³-hybridized carbons (Fsp3) is 0.538. The van der Waals surface area contributed by atoms with Crippen molar-refractivity contribution in [2.75, 3.05) is 18.5 Å². The number of nitrogens with zero attached hydrogens (tertiary/aromatic N) is 1. The summed E-state index contributed by atoms with van der Waals surface area (Å²) in [6, 6.07) is 5.17. The normalized spacial score (nSPS) is 17.2. The molecule has 0 aliphatic heterocycles. The standard InChI is InChI=1S/C13H19FN2/c1-9(15)11-5-6-13(12(14)7-11)16(2)8-10-3-4-10/h5-7,9-10H,3-4,8,15H2,1-2H3/t9-/m0/s1. The quantitative estimate of drug-likeness (QED) is 0.848. The first-order valence-electron chi connectivity index (χ1n) is 5.84. The predicted molar refractivity (Wildman–Crippen MR) is 65.0 cm³/mol. The molecule has 2 nitrogen and oxygen atoms in total. The van der Waals surface area contributed by atoms with E-state index in [0.717, 1.165) is 18.0 Å². The van der Waals surface area contributed by atoms with Crippen LogP contribution in [0.2, 0.25) is 0 Å². The van der Waals surface area contributed by atoms with Gasteiger partial charge in [-0.2, -0.15) is 0 Å². The summed E-state index contributed by atoms with van der Waals surface area (Å²) in [6.07, 6.45) is 2.56. The Labute approximate surface area is 96.2 Å². The zero-order valence-electron chi connectivity index (χ0n) is 9.91. The Hall–Kier alpha value is -1.09. The van der Waals surface area contributed by atoms with Crippen molar-refractivity contribution in [3.05, 3.63) is 29.6 Å². The van der Waals surface area contributed by atoms with Crippen LogP contribution in [0.5, 0.6) is 0 Å². The summed E-state index contributed by atoms with van der Waals surface area (Å²) < 4.78 is 13.8. The molecule has 16 heavy (non-hydrogen) atoms. The fourth-order valence-electron chi connectivity index (χ4n) is 1.90. The average Bonchev–Trinajstić information content (AvgIpc) is 3.01. The lowest BCUT2D eigenvalue weighted by molar-refractivity contribution is 0.614. The molecule has 1 aliphatic carbocycles. The molecule has 88 valence electrons. The number of benzene rings is 1. The molecule has 1 aliphatic rings. The Balaban J connectivity index is 2.14. The lowest BCUT2D eigenvalue weighted by Gasteiger charge is -2.20. The fourth-order valence-corrected chi connectivity index (χ4v) is 1.90. The van der Waals surface area contributed by atoms with Crippen LogP contribution < -0.4 is 10.6 Å². The van der Waals surface area contributed by atoms with Crippen molar-refractivity contribution in [1.82, 2.24) is 0 Å². The smallest absolute Gasteiger partial charge is 0.146 e. The third kappa shape index (κ3) is 2.53. The first kappa shape index (κ1) is 11.4. The molecule has 0 heterocycles. The lowest BCUT2D eigenvalue weighted by Crippen LogP contribution is -2.21. The summed E-state index contributed by atoms with van der Waals surface area (Å²) in [6.45, 7) is 2.82. The van der Waals surface area contributed by atoms with E-state index >= 15 is 0 Å². The highest BCUT2D eigenvalue weighted by molar-refractivity contribution is 5.49. The zero-order chi connectivity index (χ0) is 11.7. The Morgan fingerprint density at radius 3 is 2.69 bits per heavy atom. The number of hydrogen-bond acceptors (Lipinski definition) is 2. The highest BCUT2D eigenvalue weighted by Gasteiger charge is 2.23. The number of halogens is 1. The predicted octanol–water partition coefficient (Wildman–Crippen LogP) is 2.69. The van der Waals surface area contributed by atoms with Gasteiger partial charge in [-0.25, -0.2) is 4.39 Å². The van der Waals surface area contributed by atoms with Crippen molar-refractivity contribution in [2.24, 2.45) is 11.7 Å². The highest BCUT2D eigenvalue weighted by atomic mass is 19.1. The summed E-state index contributed by atoms with van der Waals surface area (Å²) in [5.74, 6) is 0.593. The van der Waals surface area contributed by atoms with E-state index in [1.165, 1.54) is 12.8 Å². The summed E-state index contributed by atoms with van der Waals surface area (Å²) in [4.78, 5) is 2.00. The molecule has 0 amide bonds. The van der Waals surface area contributed by atoms with Gasteiger partial charge < -0.3 is 10.6 Å². The highest BCUT2D eigenvalue weighted by Crippen LogP contribution is 2.31. The van der Waals surface area contributed by atoms with E-state index in [2.05, 4.69) is 0 Å². The molecule has 1 aromatic rings. The zero-order valence-corrected chi connectivity index (χ0v) is 9.91. The van der Waals surface area contributed by atoms with E-state index in [4.69, 9.17) is 5.73 Å². The van der Waals surface area contributed by atoms with Gasteiger partial charge in [-0.15, -0.1) is 0 Å². The molecule has 0 saturated heterocycles. The van der Waals surface area contributed by atoms with Crippen LogP contribution in [-0.2, 0) is 0 Å². The molecule has 2 N–H and O–H groups in total. The van der Waals surface area contributed by atoms with Crippen LogP contribution >= 0.6 is 0 Å². The van der Waals surface area contributed by atoms with Crippen molar-refractivity contribution in [1.29, 1.82) is 0 Å². The maximum Gasteiger partial charge on any atom is 0.146 e. The maximum atomic E-state index is 13.8. The van der Waals surface area contributed by atoms with E-state index in [1.54, 1.807) is 6.07 Å². The number of rotatable bonds is 4. The Morgan fingerprint density at radius 1 is 1.50 bits per heavy atom. The number of hydrogen-bond donors (Lipinski definition) is 1. The summed E-state index contributed by atoms with van der Waals surface area (Å²) in [7, 11) is 1.95. The van der Waals surface area contributed by atoms with Crippen LogP contribution in [0.15, 0.2) is 18.2 Å². The van der Waals surface area contributed by atoms with Crippen LogP contribution in [0.1, 0.15) is 31.4 Å². The molecule has 0 spiro atoms. The van der Waals surface area contributed by atoms with Gasteiger partial charge in [-0.3, -0.25) is 0 Å². The lowest BCUT2D eigenvalue weighted by atomic mass is 10.1. The van der Waals surface area contributed by atoms with E-state index in [-0.39, 0.29) is 11.9 Å². The molecule has 0 aromatic heterocycles. The molecule has 0 bridgehead atoms. The van der Waals surface area contributed by atoms with Crippen LogP contribution in [0.25, 0.3) is 0 Å². The van der Waals surface area contributed by atoms with Gasteiger partial charge in [0.25, 0.3) is 0 Å². The van der Waals surface area contributed by atoms with Gasteiger partial charge in [-0.05, 0) is 43.4 Å².